The summed E-state index contributed by atoms with van der Waals surface area (Å²) in [6.07, 6.45) is 0. The van der Waals surface area contributed by atoms with Gasteiger partial charge >= 0.3 is 0 Å². The molecule has 0 N–H and O–H groups in total. The molecule has 0 fully saturated rings. The number of fused-ring (bicyclic) bond motifs is 15. The lowest BCUT2D eigenvalue weighted by Gasteiger charge is -2.20. The molecule has 1 aliphatic heterocycles. The van der Waals surface area contributed by atoms with Gasteiger partial charge in [0.15, 0.2) is 0 Å². The Balaban J connectivity index is 1.35. The second-order valence-electron chi connectivity index (χ2n) is 13.7. The summed E-state index contributed by atoms with van der Waals surface area (Å²) in [7, 11) is 0. The average Bonchev–Trinajstić information content (AvgIpc) is 3.56. The van der Waals surface area contributed by atoms with Gasteiger partial charge in [0.25, 0.3) is 0 Å². The van der Waals surface area contributed by atoms with Crippen LogP contribution in [0, 0.1) is 0 Å². The molecule has 0 atom stereocenters. The van der Waals surface area contributed by atoms with Crippen LogP contribution in [0.3, 0.4) is 0 Å². The van der Waals surface area contributed by atoms with E-state index in [2.05, 4.69) is 168 Å². The highest BCUT2D eigenvalue weighted by Crippen LogP contribution is 2.50. The van der Waals surface area contributed by atoms with E-state index in [9.17, 15) is 0 Å². The van der Waals surface area contributed by atoms with Gasteiger partial charge in [0.05, 0.1) is 22.2 Å². The number of hydrogen-bond donors (Lipinski definition) is 0. The molecule has 52 heavy (non-hydrogen) atoms. The van der Waals surface area contributed by atoms with Gasteiger partial charge in [-0.3, -0.25) is 4.57 Å². The van der Waals surface area contributed by atoms with Crippen molar-refractivity contribution in [2.24, 2.45) is 0 Å². The zero-order chi connectivity index (χ0) is 33.9. The third-order valence-electron chi connectivity index (χ3n) is 10.9. The molecule has 0 unspecified atom stereocenters. The highest BCUT2D eigenvalue weighted by molar-refractivity contribution is 7.99. The molecule has 0 radical (unpaired) electrons. The number of hydrogen-bond acceptors (Lipinski definition) is 3. The highest BCUT2D eigenvalue weighted by Gasteiger charge is 2.26. The molecule has 0 saturated carbocycles. The first-order valence-electron chi connectivity index (χ1n) is 17.7. The molecule has 11 aromatic rings. The Morgan fingerprint density at radius 3 is 1.88 bits per heavy atom. The van der Waals surface area contributed by atoms with Gasteiger partial charge in [0.2, 0.25) is 5.95 Å². The minimum absolute atomic E-state index is 0.684. The summed E-state index contributed by atoms with van der Waals surface area (Å²) in [4.78, 5) is 13.4. The summed E-state index contributed by atoms with van der Waals surface area (Å²) in [6, 6.07) is 59.4. The van der Waals surface area contributed by atoms with Crippen LogP contribution < -0.4 is 0 Å². The Bertz CT molecular complexity index is 3330. The summed E-state index contributed by atoms with van der Waals surface area (Å²) < 4.78 is 2.35. The molecule has 12 rings (SSSR count). The summed E-state index contributed by atoms with van der Waals surface area (Å²) in [5, 5.41) is 13.5. The third-order valence-corrected chi connectivity index (χ3v) is 12.1. The van der Waals surface area contributed by atoms with Crippen molar-refractivity contribution in [3.63, 3.8) is 0 Å². The first-order valence-corrected chi connectivity index (χ1v) is 18.5. The van der Waals surface area contributed by atoms with Crippen molar-refractivity contribution in [2.45, 2.75) is 9.79 Å². The Morgan fingerprint density at radius 2 is 1.06 bits per heavy atom. The van der Waals surface area contributed by atoms with Gasteiger partial charge in [0.1, 0.15) is 0 Å². The number of nitrogens with zero attached hydrogens (tertiary/aromatic N) is 3. The van der Waals surface area contributed by atoms with Crippen LogP contribution in [0.15, 0.2) is 174 Å². The highest BCUT2D eigenvalue weighted by atomic mass is 32.2. The topological polar surface area (TPSA) is 30.7 Å². The van der Waals surface area contributed by atoms with E-state index < -0.39 is 0 Å². The first-order chi connectivity index (χ1) is 25.8. The molecule has 240 valence electrons. The van der Waals surface area contributed by atoms with Crippen LogP contribution in [0.5, 0.6) is 0 Å². The summed E-state index contributed by atoms with van der Waals surface area (Å²) in [5.41, 5.74) is 7.69. The molecule has 0 spiro atoms. The predicted octanol–water partition coefficient (Wildman–Crippen LogP) is 13.1. The second-order valence-corrected chi connectivity index (χ2v) is 14.7. The SMILES string of the molecule is c1ccc(-c2ccc3c(c2)c2c(c4ccccc4n2-c2nc4c5c(cccc5n2)Sc2ccccc2-4)c2c4ccccc4c4ccccc4c32)cc1. The minimum Gasteiger partial charge on any atom is -0.277 e. The van der Waals surface area contributed by atoms with Crippen LogP contribution in [0.2, 0.25) is 0 Å². The van der Waals surface area contributed by atoms with E-state index in [-0.39, 0.29) is 0 Å². The molecule has 0 aliphatic carbocycles. The predicted molar refractivity (Wildman–Crippen MR) is 219 cm³/mol. The molecular formula is C48H27N3S. The van der Waals surface area contributed by atoms with Gasteiger partial charge < -0.3 is 0 Å². The lowest BCUT2D eigenvalue weighted by atomic mass is 9.87. The first kappa shape index (κ1) is 28.2. The summed E-state index contributed by atoms with van der Waals surface area (Å²) >= 11 is 1.80. The van der Waals surface area contributed by atoms with E-state index >= 15 is 0 Å². The van der Waals surface area contributed by atoms with Gasteiger partial charge in [-0.2, -0.15) is 0 Å². The number of para-hydroxylation sites is 1. The molecule has 3 nitrogen and oxygen atoms in total. The average molecular weight is 678 g/mol. The molecular weight excluding hydrogens is 651 g/mol. The molecule has 0 bridgehead atoms. The van der Waals surface area contributed by atoms with Crippen molar-refractivity contribution in [3.05, 3.63) is 164 Å². The van der Waals surface area contributed by atoms with Crippen molar-refractivity contribution in [2.75, 3.05) is 0 Å². The van der Waals surface area contributed by atoms with Crippen LogP contribution in [0.25, 0.3) is 104 Å². The van der Waals surface area contributed by atoms with Crippen molar-refractivity contribution in [1.82, 2.24) is 14.5 Å². The zero-order valence-electron chi connectivity index (χ0n) is 27.8. The molecule has 9 aromatic carbocycles. The van der Waals surface area contributed by atoms with E-state index in [4.69, 9.17) is 9.97 Å². The fraction of sp³-hybridized carbons (Fsp3) is 0. The van der Waals surface area contributed by atoms with E-state index in [1.54, 1.807) is 11.8 Å². The van der Waals surface area contributed by atoms with Crippen LogP contribution >= 0.6 is 11.8 Å². The second kappa shape index (κ2) is 10.5. The molecule has 1 aliphatic rings. The minimum atomic E-state index is 0.684. The monoisotopic (exact) mass is 677 g/mol. The van der Waals surface area contributed by atoms with Crippen LogP contribution in [-0.2, 0) is 0 Å². The Labute approximate surface area is 302 Å². The third kappa shape index (κ3) is 3.77. The maximum absolute atomic E-state index is 5.53. The van der Waals surface area contributed by atoms with E-state index in [1.807, 2.05) is 0 Å². The summed E-state index contributed by atoms with van der Waals surface area (Å²) in [5.74, 6) is 0.684. The van der Waals surface area contributed by atoms with Gasteiger partial charge in [0, 0.05) is 42.3 Å². The molecule has 3 heterocycles. The van der Waals surface area contributed by atoms with Gasteiger partial charge in [-0.1, -0.05) is 145 Å². The van der Waals surface area contributed by atoms with E-state index in [1.165, 1.54) is 74.8 Å². The van der Waals surface area contributed by atoms with Crippen molar-refractivity contribution >= 4 is 87.6 Å². The molecule has 0 amide bonds. The Morgan fingerprint density at radius 1 is 0.404 bits per heavy atom. The van der Waals surface area contributed by atoms with Crippen molar-refractivity contribution < 1.29 is 0 Å². The molecule has 4 heteroatoms. The van der Waals surface area contributed by atoms with Crippen molar-refractivity contribution in [3.8, 4) is 28.3 Å². The van der Waals surface area contributed by atoms with Crippen LogP contribution in [-0.4, -0.2) is 14.5 Å². The normalized spacial score (nSPS) is 12.5. The number of aromatic nitrogens is 3. The Kier molecular flexibility index (Phi) is 5.71. The van der Waals surface area contributed by atoms with Gasteiger partial charge in [-0.25, -0.2) is 9.97 Å². The largest absolute Gasteiger partial charge is 0.277 e. The maximum Gasteiger partial charge on any atom is 0.235 e. The molecule has 2 aromatic heterocycles. The maximum atomic E-state index is 5.53. The fourth-order valence-corrected chi connectivity index (χ4v) is 9.90. The van der Waals surface area contributed by atoms with Crippen molar-refractivity contribution in [1.29, 1.82) is 0 Å². The van der Waals surface area contributed by atoms with Crippen LogP contribution in [0.4, 0.5) is 0 Å². The lowest BCUT2D eigenvalue weighted by Crippen LogP contribution is -2.06. The fourth-order valence-electron chi connectivity index (χ4n) is 8.79. The van der Waals surface area contributed by atoms with E-state index in [0.717, 1.165) is 33.2 Å². The number of rotatable bonds is 2. The lowest BCUT2D eigenvalue weighted by molar-refractivity contribution is 1.01. The van der Waals surface area contributed by atoms with Crippen LogP contribution in [0.1, 0.15) is 0 Å². The van der Waals surface area contributed by atoms with E-state index in [0.29, 0.717) is 5.95 Å². The van der Waals surface area contributed by atoms with Gasteiger partial charge in [-0.15, -0.1) is 0 Å². The number of benzene rings is 9. The quantitative estimate of drug-likeness (QED) is 0.171. The standard InChI is InChI=1S/C48H27N3S/c1-2-13-28(14-3-1)29-25-26-34-37(27-29)47-44(43-33-18-7-5-16-31(33)30-15-4-6-17-32(30)42(34)43)35-19-8-10-22-39(35)51(47)48-49-38-21-12-24-41-45(38)46(50-48)36-20-9-11-23-40(36)52-41/h1-27H. The molecule has 0 saturated heterocycles. The zero-order valence-corrected chi connectivity index (χ0v) is 28.7. The van der Waals surface area contributed by atoms with Gasteiger partial charge in [-0.05, 0) is 73.8 Å². The Hall–Kier alpha value is -6.49. The smallest absolute Gasteiger partial charge is 0.235 e. The summed E-state index contributed by atoms with van der Waals surface area (Å²) in [6.45, 7) is 0.